The zero-order valence-electron chi connectivity index (χ0n) is 19.0. The molecule has 0 amide bonds. The Hall–Kier alpha value is -0.530. The first-order valence-electron chi connectivity index (χ1n) is 11.5. The fraction of sp³-hybridized carbons (Fsp3) is 0.958. The lowest BCUT2D eigenvalue weighted by molar-refractivity contribution is -0.151. The molecule has 0 aliphatic heterocycles. The number of hydrogen-bond acceptors (Lipinski definition) is 2. The molecule has 2 nitrogen and oxygen atoms in total. The molecule has 0 aliphatic rings. The first kappa shape index (κ1) is 25.5. The van der Waals surface area contributed by atoms with Gasteiger partial charge in [0.2, 0.25) is 0 Å². The average molecular weight is 369 g/mol. The van der Waals surface area contributed by atoms with Gasteiger partial charge in [0, 0.05) is 0 Å². The van der Waals surface area contributed by atoms with Gasteiger partial charge in [0.25, 0.3) is 0 Å². The lowest BCUT2D eigenvalue weighted by Gasteiger charge is -2.25. The predicted molar refractivity (Wildman–Crippen MR) is 114 cm³/mol. The minimum Gasteiger partial charge on any atom is -0.465 e. The first-order chi connectivity index (χ1) is 12.3. The molecule has 0 fully saturated rings. The van der Waals surface area contributed by atoms with Gasteiger partial charge in [0.15, 0.2) is 0 Å². The van der Waals surface area contributed by atoms with Crippen LogP contribution in [0.3, 0.4) is 0 Å². The lowest BCUT2D eigenvalue weighted by atomic mass is 9.86. The van der Waals surface area contributed by atoms with Crippen molar-refractivity contribution < 1.29 is 9.53 Å². The second-order valence-corrected chi connectivity index (χ2v) is 9.10. The van der Waals surface area contributed by atoms with Crippen molar-refractivity contribution in [3.63, 3.8) is 0 Å². The van der Waals surface area contributed by atoms with Crippen molar-refractivity contribution in [2.45, 2.75) is 113 Å². The Morgan fingerprint density at radius 2 is 1.46 bits per heavy atom. The topological polar surface area (TPSA) is 26.3 Å². The Morgan fingerprint density at radius 1 is 0.846 bits per heavy atom. The van der Waals surface area contributed by atoms with Crippen LogP contribution in [0.15, 0.2) is 0 Å². The van der Waals surface area contributed by atoms with Crippen LogP contribution in [0.4, 0.5) is 0 Å². The Kier molecular flexibility index (Phi) is 15.2. The monoisotopic (exact) mass is 368 g/mol. The molecule has 3 atom stereocenters. The summed E-state index contributed by atoms with van der Waals surface area (Å²) < 4.78 is 5.87. The summed E-state index contributed by atoms with van der Waals surface area (Å²) in [5.41, 5.74) is 0. The van der Waals surface area contributed by atoms with Crippen LogP contribution in [-0.4, -0.2) is 12.6 Å². The summed E-state index contributed by atoms with van der Waals surface area (Å²) in [5.74, 6) is 2.64. The molecule has 0 N–H and O–H groups in total. The molecule has 3 unspecified atom stereocenters. The van der Waals surface area contributed by atoms with Crippen LogP contribution in [0.2, 0.25) is 0 Å². The highest BCUT2D eigenvalue weighted by molar-refractivity contribution is 5.72. The highest BCUT2D eigenvalue weighted by Crippen LogP contribution is 2.27. The van der Waals surface area contributed by atoms with Crippen LogP contribution in [0.1, 0.15) is 113 Å². The van der Waals surface area contributed by atoms with Gasteiger partial charge in [0.05, 0.1) is 12.5 Å². The molecule has 0 heterocycles. The molecule has 0 aromatic carbocycles. The van der Waals surface area contributed by atoms with E-state index in [9.17, 15) is 4.79 Å². The van der Waals surface area contributed by atoms with E-state index >= 15 is 0 Å². The minimum absolute atomic E-state index is 0.0728. The standard InChI is InChI=1S/C24H48O2/c1-8-11-13-21(10-3)17-22(14-12-9-2)24(25)26-18-23(20(6)7)16-15-19(4)5/h19-23H,8-18H2,1-7H3. The number of unbranched alkanes of at least 4 members (excludes halogenated alkanes) is 2. The minimum atomic E-state index is 0.0728. The van der Waals surface area contributed by atoms with Gasteiger partial charge >= 0.3 is 5.97 Å². The molecule has 0 saturated heterocycles. The third kappa shape index (κ3) is 12.0. The number of carbonyl (C=O) groups excluding carboxylic acids is 1. The third-order valence-electron chi connectivity index (χ3n) is 5.90. The molecule has 0 radical (unpaired) electrons. The number of hydrogen-bond donors (Lipinski definition) is 0. The Labute approximate surface area is 164 Å². The highest BCUT2D eigenvalue weighted by atomic mass is 16.5. The van der Waals surface area contributed by atoms with E-state index in [-0.39, 0.29) is 11.9 Å². The van der Waals surface area contributed by atoms with E-state index in [1.807, 2.05) is 0 Å². The first-order valence-corrected chi connectivity index (χ1v) is 11.5. The van der Waals surface area contributed by atoms with Crippen molar-refractivity contribution in [1.82, 2.24) is 0 Å². The maximum absolute atomic E-state index is 12.8. The van der Waals surface area contributed by atoms with Crippen molar-refractivity contribution in [2.24, 2.45) is 29.6 Å². The molecular formula is C24H48O2. The quantitative estimate of drug-likeness (QED) is 0.261. The maximum atomic E-state index is 12.8. The molecule has 2 heteroatoms. The number of carbonyl (C=O) groups is 1. The largest absolute Gasteiger partial charge is 0.465 e. The smallest absolute Gasteiger partial charge is 0.308 e. The van der Waals surface area contributed by atoms with E-state index in [1.54, 1.807) is 0 Å². The van der Waals surface area contributed by atoms with E-state index in [2.05, 4.69) is 48.5 Å². The second kappa shape index (κ2) is 15.5. The van der Waals surface area contributed by atoms with Gasteiger partial charge in [0.1, 0.15) is 0 Å². The van der Waals surface area contributed by atoms with Gasteiger partial charge in [-0.05, 0) is 42.9 Å². The summed E-state index contributed by atoms with van der Waals surface area (Å²) in [6, 6.07) is 0. The van der Waals surface area contributed by atoms with Crippen molar-refractivity contribution >= 4 is 5.97 Å². The zero-order chi connectivity index (χ0) is 19.9. The van der Waals surface area contributed by atoms with Gasteiger partial charge < -0.3 is 4.74 Å². The van der Waals surface area contributed by atoms with Gasteiger partial charge in [-0.15, -0.1) is 0 Å². The van der Waals surface area contributed by atoms with Gasteiger partial charge in [-0.2, -0.15) is 0 Å². The fourth-order valence-electron chi connectivity index (χ4n) is 3.63. The van der Waals surface area contributed by atoms with Crippen LogP contribution in [0, 0.1) is 29.6 Å². The van der Waals surface area contributed by atoms with E-state index in [0.717, 1.165) is 32.1 Å². The molecule has 0 saturated carbocycles. The van der Waals surface area contributed by atoms with Crippen molar-refractivity contribution in [2.75, 3.05) is 6.61 Å². The number of esters is 1. The highest BCUT2D eigenvalue weighted by Gasteiger charge is 2.25. The number of ether oxygens (including phenoxy) is 1. The number of rotatable bonds is 16. The third-order valence-corrected chi connectivity index (χ3v) is 5.90. The normalized spacial score (nSPS) is 15.3. The summed E-state index contributed by atoms with van der Waals surface area (Å²) in [6.45, 7) is 16.4. The molecule has 0 aliphatic carbocycles. The van der Waals surface area contributed by atoms with E-state index < -0.39 is 0 Å². The summed E-state index contributed by atoms with van der Waals surface area (Å²) in [5, 5.41) is 0. The molecule has 0 bridgehead atoms. The molecular weight excluding hydrogens is 320 g/mol. The molecule has 0 aromatic rings. The van der Waals surface area contributed by atoms with E-state index in [4.69, 9.17) is 4.74 Å². The van der Waals surface area contributed by atoms with Crippen LogP contribution >= 0.6 is 0 Å². The Bertz CT molecular complexity index is 335. The fourth-order valence-corrected chi connectivity index (χ4v) is 3.63. The SMILES string of the molecule is CCCCC(CC)CC(CCCC)C(=O)OCC(CCC(C)C)C(C)C. The van der Waals surface area contributed by atoms with Crippen LogP contribution in [-0.2, 0) is 9.53 Å². The molecule has 156 valence electrons. The second-order valence-electron chi connectivity index (χ2n) is 9.10. The van der Waals surface area contributed by atoms with Crippen LogP contribution < -0.4 is 0 Å². The zero-order valence-corrected chi connectivity index (χ0v) is 19.0. The van der Waals surface area contributed by atoms with E-state index in [0.29, 0.717) is 30.3 Å². The Balaban J connectivity index is 4.67. The molecule has 0 rings (SSSR count). The molecule has 0 aromatic heterocycles. The van der Waals surface area contributed by atoms with Gasteiger partial charge in [-0.3, -0.25) is 4.79 Å². The average Bonchev–Trinajstić information content (AvgIpc) is 2.60. The maximum Gasteiger partial charge on any atom is 0.308 e. The van der Waals surface area contributed by atoms with Gasteiger partial charge in [-0.25, -0.2) is 0 Å². The van der Waals surface area contributed by atoms with Gasteiger partial charge in [-0.1, -0.05) is 93.4 Å². The summed E-state index contributed by atoms with van der Waals surface area (Å²) in [6.07, 6.45) is 11.6. The van der Waals surface area contributed by atoms with Crippen LogP contribution in [0.5, 0.6) is 0 Å². The molecule has 0 spiro atoms. The Morgan fingerprint density at radius 3 is 1.96 bits per heavy atom. The van der Waals surface area contributed by atoms with Crippen LogP contribution in [0.25, 0.3) is 0 Å². The molecule has 26 heavy (non-hydrogen) atoms. The van der Waals surface area contributed by atoms with Crippen molar-refractivity contribution in [1.29, 1.82) is 0 Å². The summed E-state index contributed by atoms with van der Waals surface area (Å²) in [7, 11) is 0. The van der Waals surface area contributed by atoms with Crippen molar-refractivity contribution in [3.8, 4) is 0 Å². The summed E-state index contributed by atoms with van der Waals surface area (Å²) in [4.78, 5) is 12.8. The predicted octanol–water partition coefficient (Wildman–Crippen LogP) is 7.65. The van der Waals surface area contributed by atoms with Crippen molar-refractivity contribution in [3.05, 3.63) is 0 Å². The lowest BCUT2D eigenvalue weighted by Crippen LogP contribution is -2.25. The van der Waals surface area contributed by atoms with E-state index in [1.165, 1.54) is 32.1 Å². The summed E-state index contributed by atoms with van der Waals surface area (Å²) >= 11 is 0.